The number of carbonyl (C=O) groups is 2. The lowest BCUT2D eigenvalue weighted by atomic mass is 10.2. The molecule has 2 heterocycles. The Kier molecular flexibility index (Phi) is 5.88. The second-order valence-corrected chi connectivity index (χ2v) is 6.27. The summed E-state index contributed by atoms with van der Waals surface area (Å²) >= 11 is 0. The Morgan fingerprint density at radius 1 is 0.893 bits per heavy atom. The molecular weight excluding hydrogens is 358 g/mol. The van der Waals surface area contributed by atoms with Crippen molar-refractivity contribution in [1.82, 2.24) is 14.1 Å². The summed E-state index contributed by atoms with van der Waals surface area (Å²) in [5, 5.41) is 5.44. The molecule has 0 spiro atoms. The van der Waals surface area contributed by atoms with Crippen LogP contribution in [0.1, 0.15) is 26.7 Å². The van der Waals surface area contributed by atoms with E-state index in [2.05, 4.69) is 15.6 Å². The fourth-order valence-corrected chi connectivity index (χ4v) is 3.03. The van der Waals surface area contributed by atoms with Crippen LogP contribution < -0.4 is 16.3 Å². The van der Waals surface area contributed by atoms with Crippen molar-refractivity contribution < 1.29 is 9.59 Å². The van der Waals surface area contributed by atoms with Gasteiger partial charge in [-0.15, -0.1) is 0 Å². The van der Waals surface area contributed by atoms with Gasteiger partial charge in [0.25, 0.3) is 0 Å². The Bertz CT molecular complexity index is 1050. The first-order valence-electron chi connectivity index (χ1n) is 9.28. The maximum Gasteiger partial charge on any atom is 0.330 e. The van der Waals surface area contributed by atoms with Gasteiger partial charge in [0.15, 0.2) is 5.65 Å². The van der Waals surface area contributed by atoms with Crippen molar-refractivity contribution in [3.8, 4) is 0 Å². The first-order valence-corrected chi connectivity index (χ1v) is 9.28. The number of carbonyl (C=O) groups excluding carboxylic acids is 2. The monoisotopic (exact) mass is 381 g/mol. The summed E-state index contributed by atoms with van der Waals surface area (Å²) in [7, 11) is 0. The van der Waals surface area contributed by atoms with Gasteiger partial charge >= 0.3 is 5.69 Å². The highest BCUT2D eigenvalue weighted by atomic mass is 16.2. The molecule has 0 unspecified atom stereocenters. The molecule has 0 atom stereocenters. The molecule has 1 aromatic carbocycles. The number of fused-ring (bicyclic) bond motifs is 1. The predicted molar refractivity (Wildman–Crippen MR) is 108 cm³/mol. The lowest BCUT2D eigenvalue weighted by Crippen LogP contribution is -2.23. The molecule has 0 aliphatic heterocycles. The molecule has 0 aliphatic rings. The second kappa shape index (κ2) is 8.51. The van der Waals surface area contributed by atoms with Crippen LogP contribution in [0.4, 0.5) is 11.5 Å². The molecule has 146 valence electrons. The zero-order valence-corrected chi connectivity index (χ0v) is 15.9. The Hall–Kier alpha value is -3.42. The molecular formula is C20H23N5O3. The molecule has 3 rings (SSSR count). The number of imidazole rings is 1. The zero-order chi connectivity index (χ0) is 20.1. The van der Waals surface area contributed by atoms with Gasteiger partial charge in [-0.1, -0.05) is 18.2 Å². The Morgan fingerprint density at radius 2 is 1.54 bits per heavy atom. The van der Waals surface area contributed by atoms with E-state index < -0.39 is 0 Å². The number of benzene rings is 1. The topological polar surface area (TPSA) is 98.0 Å². The summed E-state index contributed by atoms with van der Waals surface area (Å²) in [6.07, 6.45) is 0.101. The van der Waals surface area contributed by atoms with Crippen molar-refractivity contribution in [2.45, 2.75) is 39.8 Å². The van der Waals surface area contributed by atoms with Crippen LogP contribution in [-0.2, 0) is 22.7 Å². The fourth-order valence-electron chi connectivity index (χ4n) is 3.03. The number of pyridine rings is 1. The minimum Gasteiger partial charge on any atom is -0.326 e. The SMILES string of the molecule is CCn1c(=O)n(CC)c2nc(NC(=O)CCC(=O)Nc3ccccc3)ccc21. The molecule has 28 heavy (non-hydrogen) atoms. The minimum atomic E-state index is -0.310. The van der Waals surface area contributed by atoms with Gasteiger partial charge in [-0.25, -0.2) is 9.78 Å². The van der Waals surface area contributed by atoms with E-state index in [0.29, 0.717) is 30.2 Å². The summed E-state index contributed by atoms with van der Waals surface area (Å²) in [5.74, 6) is -0.184. The van der Waals surface area contributed by atoms with E-state index in [-0.39, 0.29) is 30.3 Å². The van der Waals surface area contributed by atoms with E-state index in [0.717, 1.165) is 5.52 Å². The Balaban J connectivity index is 1.64. The molecule has 0 aliphatic carbocycles. The smallest absolute Gasteiger partial charge is 0.326 e. The highest BCUT2D eigenvalue weighted by molar-refractivity contribution is 5.96. The van der Waals surface area contributed by atoms with Gasteiger partial charge in [0, 0.05) is 31.6 Å². The number of aromatic nitrogens is 3. The normalized spacial score (nSPS) is 10.8. The largest absolute Gasteiger partial charge is 0.330 e. The Morgan fingerprint density at radius 3 is 2.18 bits per heavy atom. The number of para-hydroxylation sites is 1. The molecule has 0 saturated carbocycles. The molecule has 8 heteroatoms. The van der Waals surface area contributed by atoms with Gasteiger partial charge < -0.3 is 10.6 Å². The molecule has 8 nitrogen and oxygen atoms in total. The van der Waals surface area contributed by atoms with E-state index in [1.165, 1.54) is 0 Å². The van der Waals surface area contributed by atoms with E-state index in [1.807, 2.05) is 32.0 Å². The summed E-state index contributed by atoms with van der Waals surface area (Å²) in [4.78, 5) is 40.9. The van der Waals surface area contributed by atoms with E-state index in [1.54, 1.807) is 33.4 Å². The summed E-state index contributed by atoms with van der Waals surface area (Å²) in [5.41, 5.74) is 1.84. The number of nitrogens with zero attached hydrogens (tertiary/aromatic N) is 3. The van der Waals surface area contributed by atoms with E-state index >= 15 is 0 Å². The molecule has 0 radical (unpaired) electrons. The molecule has 0 fully saturated rings. The molecule has 3 aromatic rings. The van der Waals surface area contributed by atoms with Gasteiger partial charge in [0.1, 0.15) is 5.82 Å². The maximum atomic E-state index is 12.4. The van der Waals surface area contributed by atoms with Crippen molar-refractivity contribution in [3.05, 3.63) is 52.9 Å². The van der Waals surface area contributed by atoms with Crippen molar-refractivity contribution in [2.24, 2.45) is 0 Å². The first kappa shape index (κ1) is 19.3. The van der Waals surface area contributed by atoms with Crippen molar-refractivity contribution in [3.63, 3.8) is 0 Å². The Labute approximate surface area is 162 Å². The lowest BCUT2D eigenvalue weighted by molar-refractivity contribution is -0.121. The van der Waals surface area contributed by atoms with Crippen LogP contribution in [0.3, 0.4) is 0 Å². The number of rotatable bonds is 7. The molecule has 2 N–H and O–H groups in total. The number of hydrogen-bond acceptors (Lipinski definition) is 4. The van der Waals surface area contributed by atoms with E-state index in [9.17, 15) is 14.4 Å². The van der Waals surface area contributed by atoms with Gasteiger partial charge in [0.05, 0.1) is 5.52 Å². The second-order valence-electron chi connectivity index (χ2n) is 6.27. The maximum absolute atomic E-state index is 12.4. The number of amides is 2. The van der Waals surface area contributed by atoms with E-state index in [4.69, 9.17) is 0 Å². The molecule has 0 saturated heterocycles. The minimum absolute atomic E-state index is 0.0366. The number of aryl methyl sites for hydroxylation is 2. The number of hydrogen-bond donors (Lipinski definition) is 2. The van der Waals surface area contributed by atoms with Crippen LogP contribution in [0.25, 0.3) is 11.2 Å². The fraction of sp³-hybridized carbons (Fsp3) is 0.300. The number of anilines is 2. The van der Waals surface area contributed by atoms with Crippen molar-refractivity contribution in [1.29, 1.82) is 0 Å². The molecule has 2 amide bonds. The summed E-state index contributed by atoms with van der Waals surface area (Å²) in [6, 6.07) is 12.5. The average Bonchev–Trinajstić information content (AvgIpc) is 2.97. The molecule has 2 aromatic heterocycles. The third-order valence-corrected chi connectivity index (χ3v) is 4.40. The average molecular weight is 381 g/mol. The van der Waals surface area contributed by atoms with Crippen LogP contribution in [-0.4, -0.2) is 25.9 Å². The standard InChI is InChI=1S/C20H23N5O3/c1-3-24-15-10-11-16(23-19(15)25(4-2)20(24)28)22-18(27)13-12-17(26)21-14-8-6-5-7-9-14/h5-11H,3-4,12-13H2,1-2H3,(H,21,26)(H,22,23,27). The summed E-state index contributed by atoms with van der Waals surface area (Å²) in [6.45, 7) is 4.81. The van der Waals surface area contributed by atoms with Gasteiger partial charge in [0.2, 0.25) is 11.8 Å². The summed E-state index contributed by atoms with van der Waals surface area (Å²) < 4.78 is 3.22. The van der Waals surface area contributed by atoms with Crippen molar-refractivity contribution >= 4 is 34.5 Å². The van der Waals surface area contributed by atoms with Crippen molar-refractivity contribution in [2.75, 3.05) is 10.6 Å². The lowest BCUT2D eigenvalue weighted by Gasteiger charge is -2.07. The quantitative estimate of drug-likeness (QED) is 0.657. The first-order chi connectivity index (χ1) is 13.5. The van der Waals surface area contributed by atoms with Gasteiger partial charge in [-0.05, 0) is 38.1 Å². The van der Waals surface area contributed by atoms with Gasteiger partial charge in [-0.2, -0.15) is 0 Å². The molecule has 0 bridgehead atoms. The van der Waals surface area contributed by atoms with Crippen LogP contribution in [0, 0.1) is 0 Å². The third-order valence-electron chi connectivity index (χ3n) is 4.40. The van der Waals surface area contributed by atoms with Crippen LogP contribution >= 0.6 is 0 Å². The van der Waals surface area contributed by atoms with Crippen LogP contribution in [0.2, 0.25) is 0 Å². The zero-order valence-electron chi connectivity index (χ0n) is 15.9. The van der Waals surface area contributed by atoms with Crippen LogP contribution in [0.15, 0.2) is 47.3 Å². The van der Waals surface area contributed by atoms with Gasteiger partial charge in [-0.3, -0.25) is 18.7 Å². The highest BCUT2D eigenvalue weighted by Crippen LogP contribution is 2.15. The predicted octanol–water partition coefficient (Wildman–Crippen LogP) is 2.60. The third kappa shape index (κ3) is 4.11. The highest BCUT2D eigenvalue weighted by Gasteiger charge is 2.14. The van der Waals surface area contributed by atoms with Crippen LogP contribution in [0.5, 0.6) is 0 Å². The number of nitrogens with one attached hydrogen (secondary N) is 2.